The number of hydrogen-bond acceptors (Lipinski definition) is 5. The molecule has 0 N–H and O–H groups in total. The number of carbonyl (C=O) groups excluding carboxylic acids is 1. The van der Waals surface area contributed by atoms with Crippen molar-refractivity contribution < 1.29 is 14.1 Å². The van der Waals surface area contributed by atoms with Crippen molar-refractivity contribution in [2.45, 2.75) is 39.0 Å². The molecule has 1 atom stereocenters. The van der Waals surface area contributed by atoms with Crippen molar-refractivity contribution in [3.8, 4) is 0 Å². The van der Waals surface area contributed by atoms with E-state index in [0.717, 1.165) is 38.2 Å². The number of hydrogen-bond donors (Lipinski definition) is 0. The van der Waals surface area contributed by atoms with Crippen LogP contribution in [-0.4, -0.2) is 47.3 Å². The van der Waals surface area contributed by atoms with Crippen LogP contribution in [0.25, 0.3) is 0 Å². The molecule has 2 aliphatic heterocycles. The van der Waals surface area contributed by atoms with Gasteiger partial charge in [-0.15, -0.1) is 0 Å². The van der Waals surface area contributed by atoms with E-state index in [-0.39, 0.29) is 17.2 Å². The van der Waals surface area contributed by atoms with Crippen LogP contribution in [0.5, 0.6) is 0 Å². The van der Waals surface area contributed by atoms with Crippen LogP contribution in [0.2, 0.25) is 0 Å². The molecule has 0 bridgehead atoms. The molecule has 0 radical (unpaired) electrons. The summed E-state index contributed by atoms with van der Waals surface area (Å²) < 4.78 is 11.1. The zero-order chi connectivity index (χ0) is 18.1. The summed E-state index contributed by atoms with van der Waals surface area (Å²) in [6.07, 6.45) is 2.28. The number of nitrogens with zero attached hydrogens (tertiary/aromatic N) is 3. The Morgan fingerprint density at radius 1 is 1.23 bits per heavy atom. The van der Waals surface area contributed by atoms with Gasteiger partial charge in [0.2, 0.25) is 11.8 Å². The van der Waals surface area contributed by atoms with Gasteiger partial charge in [-0.05, 0) is 32.3 Å². The molecule has 3 heterocycles. The van der Waals surface area contributed by atoms with Crippen LogP contribution in [0.1, 0.15) is 41.6 Å². The van der Waals surface area contributed by atoms with Crippen molar-refractivity contribution in [1.82, 2.24) is 15.0 Å². The first-order chi connectivity index (χ1) is 12.6. The van der Waals surface area contributed by atoms with Crippen LogP contribution < -0.4 is 0 Å². The monoisotopic (exact) mass is 355 g/mol. The van der Waals surface area contributed by atoms with Crippen molar-refractivity contribution in [1.29, 1.82) is 0 Å². The van der Waals surface area contributed by atoms with E-state index >= 15 is 0 Å². The van der Waals surface area contributed by atoms with E-state index in [9.17, 15) is 4.79 Å². The molecule has 0 saturated carbocycles. The van der Waals surface area contributed by atoms with Gasteiger partial charge in [0.05, 0.1) is 12.3 Å². The average molecular weight is 355 g/mol. The first-order valence-electron chi connectivity index (χ1n) is 9.27. The Bertz CT molecular complexity index is 778. The van der Waals surface area contributed by atoms with Crippen LogP contribution in [-0.2, 0) is 16.0 Å². The highest BCUT2D eigenvalue weighted by Gasteiger charge is 2.51. The van der Waals surface area contributed by atoms with Gasteiger partial charge in [-0.3, -0.25) is 4.79 Å². The molecule has 6 heteroatoms. The molecule has 1 spiro atoms. The number of ether oxygens (including phenoxy) is 1. The molecule has 1 amide bonds. The summed E-state index contributed by atoms with van der Waals surface area (Å²) in [7, 11) is 0. The van der Waals surface area contributed by atoms with Gasteiger partial charge in [0, 0.05) is 31.7 Å². The SMILES string of the molecule is Cc1ccc(CC(=O)N2C[C@H](c3nc(C)no3)C3(CCOCC3)C2)cc1. The number of rotatable bonds is 3. The molecule has 1 aromatic heterocycles. The van der Waals surface area contributed by atoms with Gasteiger partial charge in [0.1, 0.15) is 0 Å². The fourth-order valence-corrected chi connectivity index (χ4v) is 4.23. The molecular formula is C20H25N3O3. The van der Waals surface area contributed by atoms with Crippen LogP contribution in [0.15, 0.2) is 28.8 Å². The van der Waals surface area contributed by atoms with Crippen LogP contribution in [0.4, 0.5) is 0 Å². The molecular weight excluding hydrogens is 330 g/mol. The fraction of sp³-hybridized carbons (Fsp3) is 0.550. The molecule has 2 fully saturated rings. The fourth-order valence-electron chi connectivity index (χ4n) is 4.23. The predicted octanol–water partition coefficient (Wildman–Crippen LogP) is 2.65. The number of likely N-dealkylation sites (tertiary alicyclic amines) is 1. The summed E-state index contributed by atoms with van der Waals surface area (Å²) in [4.78, 5) is 19.4. The molecule has 0 unspecified atom stereocenters. The zero-order valence-corrected chi connectivity index (χ0v) is 15.4. The van der Waals surface area contributed by atoms with E-state index in [4.69, 9.17) is 9.26 Å². The Morgan fingerprint density at radius 2 is 1.96 bits per heavy atom. The van der Waals surface area contributed by atoms with Crippen molar-refractivity contribution >= 4 is 5.91 Å². The summed E-state index contributed by atoms with van der Waals surface area (Å²) >= 11 is 0. The zero-order valence-electron chi connectivity index (χ0n) is 15.4. The minimum absolute atomic E-state index is 0.0137. The number of aromatic nitrogens is 2. The lowest BCUT2D eigenvalue weighted by Gasteiger charge is -2.36. The van der Waals surface area contributed by atoms with Crippen molar-refractivity contribution in [3.63, 3.8) is 0 Å². The third-order valence-corrected chi connectivity index (χ3v) is 5.81. The second kappa shape index (κ2) is 6.83. The van der Waals surface area contributed by atoms with Gasteiger partial charge in [-0.2, -0.15) is 4.98 Å². The van der Waals surface area contributed by atoms with E-state index in [2.05, 4.69) is 29.2 Å². The first-order valence-corrected chi connectivity index (χ1v) is 9.27. The Labute approximate surface area is 153 Å². The molecule has 6 nitrogen and oxygen atoms in total. The van der Waals surface area contributed by atoms with Crippen LogP contribution in [0.3, 0.4) is 0 Å². The second-order valence-corrected chi connectivity index (χ2v) is 7.64. The third-order valence-electron chi connectivity index (χ3n) is 5.81. The highest BCUT2D eigenvalue weighted by molar-refractivity contribution is 5.79. The summed E-state index contributed by atoms with van der Waals surface area (Å²) in [5.74, 6) is 1.56. The summed E-state index contributed by atoms with van der Waals surface area (Å²) in [5.41, 5.74) is 2.24. The Morgan fingerprint density at radius 3 is 2.62 bits per heavy atom. The standard InChI is InChI=1S/C20H25N3O3/c1-14-3-5-16(6-4-14)11-18(24)23-12-17(19-21-15(2)22-26-19)20(13-23)7-9-25-10-8-20/h3-6,17H,7-13H2,1-2H3/t17-/m1/s1. The largest absolute Gasteiger partial charge is 0.381 e. The lowest BCUT2D eigenvalue weighted by molar-refractivity contribution is -0.130. The quantitative estimate of drug-likeness (QED) is 0.847. The van der Waals surface area contributed by atoms with Gasteiger partial charge < -0.3 is 14.2 Å². The van der Waals surface area contributed by atoms with E-state index in [1.54, 1.807) is 0 Å². The minimum atomic E-state index is -0.0137. The van der Waals surface area contributed by atoms with Gasteiger partial charge in [0.25, 0.3) is 0 Å². The number of benzene rings is 1. The highest BCUT2D eigenvalue weighted by atomic mass is 16.5. The maximum atomic E-state index is 12.9. The topological polar surface area (TPSA) is 68.5 Å². The normalized spacial score (nSPS) is 22.1. The third kappa shape index (κ3) is 3.26. The smallest absolute Gasteiger partial charge is 0.232 e. The average Bonchev–Trinajstić information content (AvgIpc) is 3.22. The minimum Gasteiger partial charge on any atom is -0.381 e. The molecule has 1 aromatic carbocycles. The van der Waals surface area contributed by atoms with Gasteiger partial charge in [-0.1, -0.05) is 35.0 Å². The van der Waals surface area contributed by atoms with Crippen LogP contribution in [0, 0.1) is 19.3 Å². The van der Waals surface area contributed by atoms with Crippen LogP contribution >= 0.6 is 0 Å². The first kappa shape index (κ1) is 17.2. The summed E-state index contributed by atoms with van der Waals surface area (Å²) in [6.45, 7) is 6.73. The van der Waals surface area contributed by atoms with Crippen molar-refractivity contribution in [3.05, 3.63) is 47.1 Å². The molecule has 2 saturated heterocycles. The van der Waals surface area contributed by atoms with Gasteiger partial charge in [-0.25, -0.2) is 0 Å². The molecule has 0 aliphatic carbocycles. The molecule has 2 aromatic rings. The molecule has 2 aliphatic rings. The number of amides is 1. The van der Waals surface area contributed by atoms with E-state index in [0.29, 0.717) is 24.7 Å². The van der Waals surface area contributed by atoms with E-state index in [1.807, 2.05) is 24.0 Å². The van der Waals surface area contributed by atoms with Crippen molar-refractivity contribution in [2.24, 2.45) is 5.41 Å². The van der Waals surface area contributed by atoms with Gasteiger partial charge >= 0.3 is 0 Å². The Balaban J connectivity index is 1.54. The Kier molecular flexibility index (Phi) is 4.53. The van der Waals surface area contributed by atoms with E-state index < -0.39 is 0 Å². The molecule has 26 heavy (non-hydrogen) atoms. The number of carbonyl (C=O) groups is 1. The molecule has 138 valence electrons. The summed E-state index contributed by atoms with van der Waals surface area (Å²) in [5, 5.41) is 3.96. The van der Waals surface area contributed by atoms with Crippen molar-refractivity contribution in [2.75, 3.05) is 26.3 Å². The van der Waals surface area contributed by atoms with Gasteiger partial charge in [0.15, 0.2) is 5.82 Å². The number of aryl methyl sites for hydroxylation is 2. The lowest BCUT2D eigenvalue weighted by Crippen LogP contribution is -2.37. The Hall–Kier alpha value is -2.21. The highest BCUT2D eigenvalue weighted by Crippen LogP contribution is 2.49. The van der Waals surface area contributed by atoms with E-state index in [1.165, 1.54) is 5.56 Å². The maximum absolute atomic E-state index is 12.9. The summed E-state index contributed by atoms with van der Waals surface area (Å²) in [6, 6.07) is 8.17. The predicted molar refractivity (Wildman–Crippen MR) is 95.7 cm³/mol. The lowest BCUT2D eigenvalue weighted by atomic mass is 9.72. The maximum Gasteiger partial charge on any atom is 0.232 e. The molecule has 4 rings (SSSR count). The second-order valence-electron chi connectivity index (χ2n) is 7.64.